The van der Waals surface area contributed by atoms with Crippen LogP contribution in [0, 0.1) is 11.7 Å². The summed E-state index contributed by atoms with van der Waals surface area (Å²) in [6.45, 7) is 2.74. The average molecular weight is 269 g/mol. The molecule has 1 rings (SSSR count). The molecular weight excluding hydrogens is 249 g/mol. The summed E-state index contributed by atoms with van der Waals surface area (Å²) in [5, 5.41) is 11.5. The molecule has 0 bridgehead atoms. The summed E-state index contributed by atoms with van der Waals surface area (Å²) in [6, 6.07) is 6.09. The molecule has 1 atom stereocenters. The van der Waals surface area contributed by atoms with E-state index in [2.05, 4.69) is 5.32 Å². The van der Waals surface area contributed by atoms with Crippen LogP contribution in [0.5, 0.6) is 5.75 Å². The molecule has 0 aliphatic heterocycles. The number of hydrogen-bond acceptors (Lipinski definition) is 3. The molecule has 0 aliphatic carbocycles. The molecule has 1 aromatic rings. The van der Waals surface area contributed by atoms with E-state index in [1.54, 1.807) is 12.1 Å². The van der Waals surface area contributed by atoms with E-state index in [1.807, 2.05) is 6.92 Å². The number of carbonyl (C=O) groups is 1. The largest absolute Gasteiger partial charge is 0.490 e. The van der Waals surface area contributed by atoms with E-state index in [-0.39, 0.29) is 37.2 Å². The molecule has 1 unspecified atom stereocenters. The molecule has 106 valence electrons. The van der Waals surface area contributed by atoms with E-state index < -0.39 is 5.82 Å². The third-order valence-corrected chi connectivity index (χ3v) is 2.69. The molecule has 0 radical (unpaired) electrons. The summed E-state index contributed by atoms with van der Waals surface area (Å²) in [5.41, 5.74) is 0. The van der Waals surface area contributed by atoms with Crippen LogP contribution in [0.25, 0.3) is 0 Å². The number of rotatable bonds is 8. The second-order valence-corrected chi connectivity index (χ2v) is 4.45. The van der Waals surface area contributed by atoms with E-state index in [9.17, 15) is 9.18 Å². The van der Waals surface area contributed by atoms with Gasteiger partial charge in [-0.05, 0) is 24.5 Å². The molecule has 1 amide bonds. The number of halogens is 1. The molecule has 19 heavy (non-hydrogen) atoms. The number of aliphatic hydroxyl groups excluding tert-OH is 1. The summed E-state index contributed by atoms with van der Waals surface area (Å²) in [6.07, 6.45) is 0.839. The molecule has 0 fully saturated rings. The number of ether oxygens (including phenoxy) is 1. The Balaban J connectivity index is 2.19. The lowest BCUT2D eigenvalue weighted by Crippen LogP contribution is -2.29. The van der Waals surface area contributed by atoms with E-state index in [1.165, 1.54) is 12.1 Å². The number of amides is 1. The third kappa shape index (κ3) is 6.20. The summed E-state index contributed by atoms with van der Waals surface area (Å²) in [5.74, 6) is -0.175. The van der Waals surface area contributed by atoms with Gasteiger partial charge in [-0.25, -0.2) is 4.39 Å². The van der Waals surface area contributed by atoms with Crippen LogP contribution >= 0.6 is 0 Å². The quantitative estimate of drug-likeness (QED) is 0.755. The minimum absolute atomic E-state index is 0.118. The van der Waals surface area contributed by atoms with Crippen molar-refractivity contribution in [1.82, 2.24) is 5.32 Å². The molecule has 0 saturated heterocycles. The van der Waals surface area contributed by atoms with Crippen molar-refractivity contribution in [3.05, 3.63) is 30.1 Å². The maximum absolute atomic E-state index is 13.2. The highest BCUT2D eigenvalue weighted by atomic mass is 19.1. The predicted molar refractivity (Wildman–Crippen MR) is 70.4 cm³/mol. The lowest BCUT2D eigenvalue weighted by molar-refractivity contribution is -0.121. The SMILES string of the molecule is CC(CCO)CNC(=O)CCOc1ccccc1F. The fraction of sp³-hybridized carbons (Fsp3) is 0.500. The standard InChI is InChI=1S/C14H20FNO3/c1-11(6-8-17)10-16-14(18)7-9-19-13-5-3-2-4-12(13)15/h2-5,11,17H,6-10H2,1H3,(H,16,18). The summed E-state index contributed by atoms with van der Waals surface area (Å²) < 4.78 is 18.4. The van der Waals surface area contributed by atoms with Gasteiger partial charge < -0.3 is 15.2 Å². The second-order valence-electron chi connectivity index (χ2n) is 4.45. The van der Waals surface area contributed by atoms with Gasteiger partial charge >= 0.3 is 0 Å². The topological polar surface area (TPSA) is 58.6 Å². The number of para-hydroxylation sites is 1. The van der Waals surface area contributed by atoms with Gasteiger partial charge in [-0.1, -0.05) is 19.1 Å². The van der Waals surface area contributed by atoms with Crippen LogP contribution in [-0.2, 0) is 4.79 Å². The van der Waals surface area contributed by atoms with Gasteiger partial charge in [0.25, 0.3) is 0 Å². The van der Waals surface area contributed by atoms with Gasteiger partial charge in [-0.15, -0.1) is 0 Å². The Morgan fingerprint density at radius 1 is 1.47 bits per heavy atom. The molecule has 2 N–H and O–H groups in total. The Morgan fingerprint density at radius 2 is 2.21 bits per heavy atom. The smallest absolute Gasteiger partial charge is 0.223 e. The summed E-state index contributed by atoms with van der Waals surface area (Å²) >= 11 is 0. The third-order valence-electron chi connectivity index (χ3n) is 2.69. The van der Waals surface area contributed by atoms with Crippen molar-refractivity contribution in [2.75, 3.05) is 19.8 Å². The molecule has 0 heterocycles. The van der Waals surface area contributed by atoms with Gasteiger partial charge in [0.2, 0.25) is 5.91 Å². The minimum atomic E-state index is -0.431. The van der Waals surface area contributed by atoms with Crippen molar-refractivity contribution in [2.45, 2.75) is 19.8 Å². The van der Waals surface area contributed by atoms with Crippen LogP contribution < -0.4 is 10.1 Å². The van der Waals surface area contributed by atoms with Crippen LogP contribution in [0.3, 0.4) is 0 Å². The fourth-order valence-electron chi connectivity index (χ4n) is 1.51. The summed E-state index contributed by atoms with van der Waals surface area (Å²) in [7, 11) is 0. The first-order valence-electron chi connectivity index (χ1n) is 6.38. The molecule has 0 aromatic heterocycles. The van der Waals surface area contributed by atoms with Crippen molar-refractivity contribution < 1.29 is 19.0 Å². The zero-order chi connectivity index (χ0) is 14.1. The zero-order valence-corrected chi connectivity index (χ0v) is 11.1. The van der Waals surface area contributed by atoms with Crippen LogP contribution in [0.15, 0.2) is 24.3 Å². The lowest BCUT2D eigenvalue weighted by atomic mass is 10.1. The van der Waals surface area contributed by atoms with Gasteiger partial charge in [0, 0.05) is 13.2 Å². The highest BCUT2D eigenvalue weighted by molar-refractivity contribution is 5.75. The molecule has 0 aliphatic rings. The van der Waals surface area contributed by atoms with Gasteiger partial charge in [0.05, 0.1) is 13.0 Å². The van der Waals surface area contributed by atoms with Crippen molar-refractivity contribution in [2.24, 2.45) is 5.92 Å². The highest BCUT2D eigenvalue weighted by Gasteiger charge is 2.06. The van der Waals surface area contributed by atoms with Gasteiger partial charge in [-0.3, -0.25) is 4.79 Å². The Labute approximate surface area is 112 Å². The Kier molecular flexibility index (Phi) is 6.89. The fourth-order valence-corrected chi connectivity index (χ4v) is 1.51. The van der Waals surface area contributed by atoms with Crippen molar-refractivity contribution in [3.63, 3.8) is 0 Å². The van der Waals surface area contributed by atoms with Crippen LogP contribution in [-0.4, -0.2) is 30.8 Å². The van der Waals surface area contributed by atoms with Gasteiger partial charge in [-0.2, -0.15) is 0 Å². The van der Waals surface area contributed by atoms with Crippen LogP contribution in [0.1, 0.15) is 19.8 Å². The first-order valence-corrected chi connectivity index (χ1v) is 6.38. The van der Waals surface area contributed by atoms with Gasteiger partial charge in [0.1, 0.15) is 0 Å². The Hall–Kier alpha value is -1.62. The minimum Gasteiger partial charge on any atom is -0.490 e. The molecule has 0 spiro atoms. The predicted octanol–water partition coefficient (Wildman–Crippen LogP) is 1.73. The normalized spacial score (nSPS) is 11.9. The van der Waals surface area contributed by atoms with E-state index in [0.717, 1.165) is 0 Å². The maximum atomic E-state index is 13.2. The number of aliphatic hydroxyl groups is 1. The van der Waals surface area contributed by atoms with E-state index in [0.29, 0.717) is 13.0 Å². The second kappa shape index (κ2) is 8.48. The van der Waals surface area contributed by atoms with Crippen molar-refractivity contribution in [3.8, 4) is 5.75 Å². The van der Waals surface area contributed by atoms with Crippen molar-refractivity contribution >= 4 is 5.91 Å². The number of hydrogen-bond donors (Lipinski definition) is 2. The van der Waals surface area contributed by atoms with E-state index >= 15 is 0 Å². The number of benzene rings is 1. The van der Waals surface area contributed by atoms with Gasteiger partial charge in [0.15, 0.2) is 11.6 Å². The first-order chi connectivity index (χ1) is 9.13. The number of carbonyl (C=O) groups excluding carboxylic acids is 1. The molecule has 4 nitrogen and oxygen atoms in total. The lowest BCUT2D eigenvalue weighted by Gasteiger charge is -2.11. The first kappa shape index (κ1) is 15.4. The molecule has 1 aromatic carbocycles. The molecule has 5 heteroatoms. The number of nitrogens with one attached hydrogen (secondary N) is 1. The van der Waals surface area contributed by atoms with E-state index in [4.69, 9.17) is 9.84 Å². The van der Waals surface area contributed by atoms with Crippen molar-refractivity contribution in [1.29, 1.82) is 0 Å². The highest BCUT2D eigenvalue weighted by Crippen LogP contribution is 2.15. The monoisotopic (exact) mass is 269 g/mol. The Morgan fingerprint density at radius 3 is 2.89 bits per heavy atom. The maximum Gasteiger partial charge on any atom is 0.223 e. The summed E-state index contributed by atoms with van der Waals surface area (Å²) in [4.78, 5) is 11.5. The zero-order valence-electron chi connectivity index (χ0n) is 11.1. The van der Waals surface area contributed by atoms with Crippen LogP contribution in [0.2, 0.25) is 0 Å². The van der Waals surface area contributed by atoms with Crippen LogP contribution in [0.4, 0.5) is 4.39 Å². The average Bonchev–Trinajstić information content (AvgIpc) is 2.39. The Bertz CT molecular complexity index is 398. The molecular formula is C14H20FNO3. The molecule has 0 saturated carbocycles.